The van der Waals surface area contributed by atoms with Crippen molar-refractivity contribution in [3.8, 4) is 11.1 Å². The summed E-state index contributed by atoms with van der Waals surface area (Å²) >= 11 is 0. The summed E-state index contributed by atoms with van der Waals surface area (Å²) in [5, 5.41) is 14.2. The summed E-state index contributed by atoms with van der Waals surface area (Å²) in [6.07, 6.45) is 1.96. The summed E-state index contributed by atoms with van der Waals surface area (Å²) < 4.78 is 1.49. The Hall–Kier alpha value is -3.80. The molecular weight excluding hydrogens is 350 g/mol. The number of hydrogen-bond donors (Lipinski definition) is 1. The molecule has 4 aromatic rings. The van der Waals surface area contributed by atoms with Crippen LogP contribution >= 0.6 is 0 Å². The van der Waals surface area contributed by atoms with Gasteiger partial charge in [0.2, 0.25) is 5.91 Å². The molecule has 1 atom stereocenters. The van der Waals surface area contributed by atoms with Crippen LogP contribution in [-0.2, 0) is 11.2 Å². The van der Waals surface area contributed by atoms with Gasteiger partial charge in [-0.1, -0.05) is 72.8 Å². The van der Waals surface area contributed by atoms with Crippen LogP contribution in [0.3, 0.4) is 0 Å². The highest BCUT2D eigenvalue weighted by atomic mass is 16.2. The van der Waals surface area contributed by atoms with E-state index in [0.29, 0.717) is 6.42 Å². The van der Waals surface area contributed by atoms with Crippen molar-refractivity contribution in [2.75, 3.05) is 5.32 Å². The summed E-state index contributed by atoms with van der Waals surface area (Å²) in [7, 11) is 0. The first-order valence-corrected chi connectivity index (χ1v) is 9.02. The van der Waals surface area contributed by atoms with Gasteiger partial charge in [-0.05, 0) is 39.2 Å². The van der Waals surface area contributed by atoms with Crippen molar-refractivity contribution < 1.29 is 4.79 Å². The minimum Gasteiger partial charge on any atom is -0.324 e. The molecule has 6 heteroatoms. The maximum atomic E-state index is 12.9. The Morgan fingerprint density at radius 3 is 2.14 bits per heavy atom. The molecule has 0 aliphatic heterocycles. The van der Waals surface area contributed by atoms with Gasteiger partial charge in [-0.15, -0.1) is 5.10 Å². The third-order valence-corrected chi connectivity index (χ3v) is 4.52. The average Bonchev–Trinajstić information content (AvgIpc) is 3.28. The van der Waals surface area contributed by atoms with Crippen molar-refractivity contribution in [1.29, 1.82) is 0 Å². The molecule has 1 N–H and O–H groups in total. The van der Waals surface area contributed by atoms with Gasteiger partial charge in [0.05, 0.1) is 0 Å². The zero-order valence-electron chi connectivity index (χ0n) is 15.1. The van der Waals surface area contributed by atoms with E-state index in [1.807, 2.05) is 72.8 Å². The summed E-state index contributed by atoms with van der Waals surface area (Å²) in [6, 6.07) is 27.2. The highest BCUT2D eigenvalue weighted by molar-refractivity contribution is 5.94. The normalized spacial score (nSPS) is 11.7. The predicted molar refractivity (Wildman–Crippen MR) is 108 cm³/mol. The average molecular weight is 369 g/mol. The summed E-state index contributed by atoms with van der Waals surface area (Å²) in [5.74, 6) is -0.163. The summed E-state index contributed by atoms with van der Waals surface area (Å²) in [5.41, 5.74) is 4.00. The van der Waals surface area contributed by atoms with E-state index in [0.717, 1.165) is 22.4 Å². The highest BCUT2D eigenvalue weighted by Crippen LogP contribution is 2.22. The molecule has 0 spiro atoms. The molecule has 3 aromatic carbocycles. The largest absolute Gasteiger partial charge is 0.324 e. The SMILES string of the molecule is O=C(Nc1ccc(-c2ccccc2)cc1)C(Cc1ccccc1)n1cnnn1. The van der Waals surface area contributed by atoms with E-state index < -0.39 is 6.04 Å². The standard InChI is InChI=1S/C22H19N5O/c28-22(21(27-16-23-25-26-27)15-17-7-3-1-4-8-17)24-20-13-11-19(12-14-20)18-9-5-2-6-10-18/h1-14,16,21H,15H2,(H,24,28). The molecule has 0 bridgehead atoms. The van der Waals surface area contributed by atoms with E-state index in [1.54, 1.807) is 0 Å². The van der Waals surface area contributed by atoms with Crippen molar-refractivity contribution in [3.05, 3.63) is 96.8 Å². The Bertz CT molecular complexity index is 1020. The molecule has 1 heterocycles. The molecule has 138 valence electrons. The van der Waals surface area contributed by atoms with Gasteiger partial charge < -0.3 is 5.32 Å². The Balaban J connectivity index is 1.51. The summed E-state index contributed by atoms with van der Waals surface area (Å²) in [4.78, 5) is 12.9. The lowest BCUT2D eigenvalue weighted by Gasteiger charge is -2.16. The first-order valence-electron chi connectivity index (χ1n) is 9.02. The van der Waals surface area contributed by atoms with Crippen LogP contribution in [0.15, 0.2) is 91.3 Å². The molecule has 0 saturated heterocycles. The molecule has 1 amide bonds. The van der Waals surface area contributed by atoms with E-state index >= 15 is 0 Å². The topological polar surface area (TPSA) is 72.7 Å². The van der Waals surface area contributed by atoms with Crippen molar-refractivity contribution in [3.63, 3.8) is 0 Å². The number of nitrogens with zero attached hydrogens (tertiary/aromatic N) is 4. The monoisotopic (exact) mass is 369 g/mol. The van der Waals surface area contributed by atoms with E-state index in [2.05, 4.69) is 33.0 Å². The van der Waals surface area contributed by atoms with Gasteiger partial charge in [0.1, 0.15) is 12.4 Å². The number of nitrogens with one attached hydrogen (secondary N) is 1. The maximum Gasteiger partial charge on any atom is 0.249 e. The van der Waals surface area contributed by atoms with Gasteiger partial charge in [-0.3, -0.25) is 4.79 Å². The number of tetrazole rings is 1. The van der Waals surface area contributed by atoms with Crippen molar-refractivity contribution in [1.82, 2.24) is 20.2 Å². The number of hydrogen-bond acceptors (Lipinski definition) is 4. The second-order valence-electron chi connectivity index (χ2n) is 6.43. The second-order valence-corrected chi connectivity index (χ2v) is 6.43. The fourth-order valence-electron chi connectivity index (χ4n) is 3.06. The maximum absolute atomic E-state index is 12.9. The van der Waals surface area contributed by atoms with Crippen molar-refractivity contribution in [2.24, 2.45) is 0 Å². The fourth-order valence-corrected chi connectivity index (χ4v) is 3.06. The molecular formula is C22H19N5O. The molecule has 1 unspecified atom stereocenters. The van der Waals surface area contributed by atoms with Crippen LogP contribution in [0.5, 0.6) is 0 Å². The van der Waals surface area contributed by atoms with Gasteiger partial charge in [0.25, 0.3) is 0 Å². The van der Waals surface area contributed by atoms with Crippen LogP contribution in [0.25, 0.3) is 11.1 Å². The van der Waals surface area contributed by atoms with Gasteiger partial charge in [0.15, 0.2) is 0 Å². The molecule has 0 aliphatic carbocycles. The zero-order valence-corrected chi connectivity index (χ0v) is 15.1. The Kier molecular flexibility index (Phi) is 5.20. The van der Waals surface area contributed by atoms with E-state index in [9.17, 15) is 4.79 Å². The molecule has 4 rings (SSSR count). The van der Waals surface area contributed by atoms with Gasteiger partial charge in [-0.2, -0.15) is 0 Å². The Morgan fingerprint density at radius 2 is 1.50 bits per heavy atom. The van der Waals surface area contributed by atoms with Crippen LogP contribution in [-0.4, -0.2) is 26.1 Å². The zero-order chi connectivity index (χ0) is 19.2. The number of aromatic nitrogens is 4. The lowest BCUT2D eigenvalue weighted by Crippen LogP contribution is -2.28. The minimum atomic E-state index is -0.536. The number of benzene rings is 3. The smallest absolute Gasteiger partial charge is 0.249 e. The van der Waals surface area contributed by atoms with Crippen LogP contribution in [0.2, 0.25) is 0 Å². The van der Waals surface area contributed by atoms with E-state index in [4.69, 9.17) is 0 Å². The number of anilines is 1. The number of carbonyl (C=O) groups excluding carboxylic acids is 1. The molecule has 1 aromatic heterocycles. The first kappa shape index (κ1) is 17.6. The molecule has 0 aliphatic rings. The second kappa shape index (κ2) is 8.26. The number of rotatable bonds is 6. The fraction of sp³-hybridized carbons (Fsp3) is 0.0909. The lowest BCUT2D eigenvalue weighted by atomic mass is 10.0. The third kappa shape index (κ3) is 4.12. The van der Waals surface area contributed by atoms with Crippen molar-refractivity contribution in [2.45, 2.75) is 12.5 Å². The molecule has 6 nitrogen and oxygen atoms in total. The van der Waals surface area contributed by atoms with Crippen LogP contribution in [0.4, 0.5) is 5.69 Å². The molecule has 0 fully saturated rings. The van der Waals surface area contributed by atoms with Gasteiger partial charge in [-0.25, -0.2) is 4.68 Å². The van der Waals surface area contributed by atoms with Crippen molar-refractivity contribution >= 4 is 11.6 Å². The van der Waals surface area contributed by atoms with E-state index in [-0.39, 0.29) is 5.91 Å². The third-order valence-electron chi connectivity index (χ3n) is 4.52. The quantitative estimate of drug-likeness (QED) is 0.562. The molecule has 28 heavy (non-hydrogen) atoms. The van der Waals surface area contributed by atoms with Crippen LogP contribution < -0.4 is 5.32 Å². The van der Waals surface area contributed by atoms with Crippen LogP contribution in [0.1, 0.15) is 11.6 Å². The van der Waals surface area contributed by atoms with Gasteiger partial charge >= 0.3 is 0 Å². The highest BCUT2D eigenvalue weighted by Gasteiger charge is 2.22. The number of carbonyl (C=O) groups is 1. The lowest BCUT2D eigenvalue weighted by molar-refractivity contribution is -0.119. The van der Waals surface area contributed by atoms with E-state index in [1.165, 1.54) is 11.0 Å². The van der Waals surface area contributed by atoms with Gasteiger partial charge in [0, 0.05) is 12.1 Å². The van der Waals surface area contributed by atoms with Crippen LogP contribution in [0, 0.1) is 0 Å². The predicted octanol–water partition coefficient (Wildman–Crippen LogP) is 3.76. The Labute approximate surface area is 162 Å². The molecule has 0 radical (unpaired) electrons. The molecule has 0 saturated carbocycles. The first-order chi connectivity index (χ1) is 13.8. The summed E-state index contributed by atoms with van der Waals surface area (Å²) in [6.45, 7) is 0. The minimum absolute atomic E-state index is 0.163. The number of amides is 1. The Morgan fingerprint density at radius 1 is 0.857 bits per heavy atom.